The molecule has 2 amide bonds. The van der Waals surface area contributed by atoms with E-state index in [4.69, 9.17) is 21.1 Å². The third kappa shape index (κ3) is 5.36. The van der Waals surface area contributed by atoms with Gasteiger partial charge in [-0.1, -0.05) is 41.9 Å². The Morgan fingerprint density at radius 1 is 1.17 bits per heavy atom. The van der Waals surface area contributed by atoms with Crippen molar-refractivity contribution in [3.05, 3.63) is 76.3 Å². The van der Waals surface area contributed by atoms with Crippen molar-refractivity contribution in [2.24, 2.45) is 0 Å². The van der Waals surface area contributed by atoms with E-state index in [9.17, 15) is 19.8 Å². The van der Waals surface area contributed by atoms with Crippen molar-refractivity contribution in [2.45, 2.75) is 37.1 Å². The molecule has 1 aliphatic heterocycles. The molecule has 1 heterocycles. The van der Waals surface area contributed by atoms with Crippen LogP contribution in [0.15, 0.2) is 60.2 Å². The maximum Gasteiger partial charge on any atom is 0.247 e. The first kappa shape index (κ1) is 25.2. The Morgan fingerprint density at radius 2 is 1.91 bits per heavy atom. The van der Waals surface area contributed by atoms with Crippen molar-refractivity contribution < 1.29 is 29.3 Å². The number of methoxy groups -OCH3 is 1. The molecular weight excluding hydrogens is 472 g/mol. The van der Waals surface area contributed by atoms with Gasteiger partial charge in [-0.3, -0.25) is 9.59 Å². The maximum atomic E-state index is 13.3. The zero-order chi connectivity index (χ0) is 24.9. The van der Waals surface area contributed by atoms with Gasteiger partial charge < -0.3 is 29.9 Å². The standard InChI is InChI=1S/C26H29ClN2O6/c1-34-13-10-22(31)29(15-16-6-8-17(27)9-7-16)20-14-19(26(33)28-11-12-30)23-18-4-2-3-5-21(18)35-25(23)24(20)32/h2-9,14,20,23-25,30,32H,10-13,15H2,1H3,(H,28,33)/t20-,23+,24+,25+/m1/s1. The highest BCUT2D eigenvalue weighted by atomic mass is 35.5. The van der Waals surface area contributed by atoms with Gasteiger partial charge in [-0.2, -0.15) is 0 Å². The molecule has 8 nitrogen and oxygen atoms in total. The van der Waals surface area contributed by atoms with Gasteiger partial charge in [-0.25, -0.2) is 0 Å². The van der Waals surface area contributed by atoms with E-state index >= 15 is 0 Å². The molecule has 1 aliphatic carbocycles. The third-order valence-corrected chi connectivity index (χ3v) is 6.60. The molecule has 2 aromatic rings. The first-order valence-electron chi connectivity index (χ1n) is 11.5. The molecule has 0 bridgehead atoms. The van der Waals surface area contributed by atoms with Crippen LogP contribution >= 0.6 is 11.6 Å². The van der Waals surface area contributed by atoms with E-state index in [0.29, 0.717) is 16.3 Å². The van der Waals surface area contributed by atoms with E-state index in [1.54, 1.807) is 29.2 Å². The fraction of sp³-hybridized carbons (Fsp3) is 0.385. The lowest BCUT2D eigenvalue weighted by atomic mass is 9.77. The van der Waals surface area contributed by atoms with Gasteiger partial charge in [0.15, 0.2) is 0 Å². The number of nitrogens with zero attached hydrogens (tertiary/aromatic N) is 1. The summed E-state index contributed by atoms with van der Waals surface area (Å²) >= 11 is 6.03. The fourth-order valence-corrected chi connectivity index (χ4v) is 4.80. The Kier molecular flexibility index (Phi) is 8.07. The number of aliphatic hydroxyl groups excluding tert-OH is 2. The predicted molar refractivity (Wildman–Crippen MR) is 130 cm³/mol. The lowest BCUT2D eigenvalue weighted by molar-refractivity contribution is -0.139. The fourth-order valence-electron chi connectivity index (χ4n) is 4.67. The summed E-state index contributed by atoms with van der Waals surface area (Å²) in [5, 5.41) is 24.0. The number of ether oxygens (including phenoxy) is 2. The van der Waals surface area contributed by atoms with E-state index in [1.807, 2.05) is 30.3 Å². The van der Waals surface area contributed by atoms with Crippen molar-refractivity contribution in [3.63, 3.8) is 0 Å². The molecule has 186 valence electrons. The highest BCUT2D eigenvalue weighted by molar-refractivity contribution is 6.30. The molecule has 4 rings (SSSR count). The normalized spacial score (nSPS) is 22.5. The van der Waals surface area contributed by atoms with Gasteiger partial charge in [0.2, 0.25) is 11.8 Å². The topological polar surface area (TPSA) is 108 Å². The number of hydrogen-bond donors (Lipinski definition) is 3. The molecule has 0 fully saturated rings. The first-order chi connectivity index (χ1) is 16.9. The number of hydrogen-bond acceptors (Lipinski definition) is 6. The van der Waals surface area contributed by atoms with Crippen LogP contribution in [-0.4, -0.2) is 72.0 Å². The Bertz CT molecular complexity index is 1090. The Balaban J connectivity index is 1.74. The first-order valence-corrected chi connectivity index (χ1v) is 11.9. The molecule has 0 saturated heterocycles. The summed E-state index contributed by atoms with van der Waals surface area (Å²) in [6.45, 7) is 0.309. The van der Waals surface area contributed by atoms with E-state index in [0.717, 1.165) is 11.1 Å². The maximum absolute atomic E-state index is 13.3. The number of aliphatic hydroxyl groups is 2. The highest BCUT2D eigenvalue weighted by Gasteiger charge is 2.50. The third-order valence-electron chi connectivity index (χ3n) is 6.34. The number of carbonyl (C=O) groups excluding carboxylic acids is 2. The SMILES string of the molecule is COCCC(=O)N(Cc1ccc(Cl)cc1)[C@@H]1C=C(C(=O)NCCO)[C@@H]2c3ccccc3O[C@@H]2[C@H]1O. The Hall–Kier alpha value is -2.91. The smallest absolute Gasteiger partial charge is 0.247 e. The second-order valence-electron chi connectivity index (χ2n) is 8.57. The molecule has 35 heavy (non-hydrogen) atoms. The number of carbonyl (C=O) groups is 2. The Labute approximate surface area is 209 Å². The van der Waals surface area contributed by atoms with Crippen LogP contribution in [0.3, 0.4) is 0 Å². The van der Waals surface area contributed by atoms with Crippen molar-refractivity contribution in [1.82, 2.24) is 10.2 Å². The van der Waals surface area contributed by atoms with E-state index in [1.165, 1.54) is 7.11 Å². The molecule has 0 spiro atoms. The summed E-state index contributed by atoms with van der Waals surface area (Å²) in [6, 6.07) is 13.6. The summed E-state index contributed by atoms with van der Waals surface area (Å²) < 4.78 is 11.2. The summed E-state index contributed by atoms with van der Waals surface area (Å²) in [6.07, 6.45) is -0.0618. The van der Waals surface area contributed by atoms with Crippen LogP contribution < -0.4 is 10.1 Å². The number of halogens is 1. The highest BCUT2D eigenvalue weighted by Crippen LogP contribution is 2.47. The quantitative estimate of drug-likeness (QED) is 0.486. The Morgan fingerprint density at radius 3 is 2.63 bits per heavy atom. The lowest BCUT2D eigenvalue weighted by Gasteiger charge is -2.40. The van der Waals surface area contributed by atoms with Crippen molar-refractivity contribution in [3.8, 4) is 5.75 Å². The molecule has 0 unspecified atom stereocenters. The molecule has 0 saturated carbocycles. The number of fused-ring (bicyclic) bond motifs is 3. The summed E-state index contributed by atoms with van der Waals surface area (Å²) in [5.41, 5.74) is 2.02. The van der Waals surface area contributed by atoms with Crippen molar-refractivity contribution in [2.75, 3.05) is 26.9 Å². The summed E-state index contributed by atoms with van der Waals surface area (Å²) in [5.74, 6) is -0.506. The monoisotopic (exact) mass is 500 g/mol. The molecule has 3 N–H and O–H groups in total. The molecule has 2 aromatic carbocycles. The van der Waals surface area contributed by atoms with Crippen LogP contribution in [-0.2, 0) is 20.9 Å². The number of para-hydroxylation sites is 1. The van der Waals surface area contributed by atoms with Gasteiger partial charge in [0.1, 0.15) is 18.0 Å². The van der Waals surface area contributed by atoms with E-state index in [2.05, 4.69) is 5.32 Å². The van der Waals surface area contributed by atoms with Crippen LogP contribution in [0, 0.1) is 0 Å². The van der Waals surface area contributed by atoms with Crippen LogP contribution in [0.4, 0.5) is 0 Å². The minimum absolute atomic E-state index is 0.0878. The van der Waals surface area contributed by atoms with Crippen LogP contribution in [0.1, 0.15) is 23.5 Å². The second kappa shape index (κ2) is 11.2. The number of nitrogens with one attached hydrogen (secondary N) is 1. The molecule has 0 radical (unpaired) electrons. The molecule has 4 atom stereocenters. The van der Waals surface area contributed by atoms with Crippen LogP contribution in [0.5, 0.6) is 5.75 Å². The number of rotatable bonds is 9. The summed E-state index contributed by atoms with van der Waals surface area (Å²) in [7, 11) is 1.52. The predicted octanol–water partition coefficient (Wildman–Crippen LogP) is 2.03. The average Bonchev–Trinajstić information content (AvgIpc) is 3.26. The minimum Gasteiger partial charge on any atom is -0.486 e. The van der Waals surface area contributed by atoms with Gasteiger partial charge >= 0.3 is 0 Å². The lowest BCUT2D eigenvalue weighted by Crippen LogP contribution is -2.55. The average molecular weight is 501 g/mol. The van der Waals surface area contributed by atoms with Gasteiger partial charge in [0.25, 0.3) is 0 Å². The van der Waals surface area contributed by atoms with E-state index in [-0.39, 0.29) is 44.5 Å². The minimum atomic E-state index is -1.08. The van der Waals surface area contributed by atoms with Gasteiger partial charge in [-0.05, 0) is 29.8 Å². The van der Waals surface area contributed by atoms with Gasteiger partial charge in [0.05, 0.1) is 31.6 Å². The molecular formula is C26H29ClN2O6. The van der Waals surface area contributed by atoms with Gasteiger partial charge in [-0.15, -0.1) is 0 Å². The van der Waals surface area contributed by atoms with Crippen LogP contribution in [0.25, 0.3) is 0 Å². The molecule has 2 aliphatic rings. The number of amides is 2. The largest absolute Gasteiger partial charge is 0.486 e. The van der Waals surface area contributed by atoms with Gasteiger partial charge in [0, 0.05) is 36.4 Å². The van der Waals surface area contributed by atoms with Crippen molar-refractivity contribution >= 4 is 23.4 Å². The van der Waals surface area contributed by atoms with Crippen LogP contribution in [0.2, 0.25) is 5.02 Å². The molecule has 9 heteroatoms. The number of benzene rings is 2. The second-order valence-corrected chi connectivity index (χ2v) is 9.01. The van der Waals surface area contributed by atoms with E-state index < -0.39 is 24.2 Å². The molecule has 0 aromatic heterocycles. The zero-order valence-corrected chi connectivity index (χ0v) is 20.1. The zero-order valence-electron chi connectivity index (χ0n) is 19.4. The van der Waals surface area contributed by atoms with Crippen molar-refractivity contribution in [1.29, 1.82) is 0 Å². The summed E-state index contributed by atoms with van der Waals surface area (Å²) in [4.78, 5) is 28.0.